The van der Waals surface area contributed by atoms with Gasteiger partial charge in [0.05, 0.1) is 17.4 Å². The molecular formula is C12H17N3O3. The number of aromatic carboxylic acids is 1. The van der Waals surface area contributed by atoms with Crippen molar-refractivity contribution in [1.29, 1.82) is 0 Å². The fourth-order valence-corrected chi connectivity index (χ4v) is 1.48. The summed E-state index contributed by atoms with van der Waals surface area (Å²) in [5, 5.41) is 11.9. The number of hydrogen-bond donors (Lipinski definition) is 2. The third-order valence-corrected chi connectivity index (χ3v) is 2.64. The molecule has 0 radical (unpaired) electrons. The Kier molecular flexibility index (Phi) is 4.65. The number of nitrogens with zero attached hydrogens (tertiary/aromatic N) is 2. The Balaban J connectivity index is 2.85. The predicted molar refractivity (Wildman–Crippen MR) is 67.6 cm³/mol. The Labute approximate surface area is 106 Å². The van der Waals surface area contributed by atoms with Crippen molar-refractivity contribution in [3.05, 3.63) is 24.0 Å². The van der Waals surface area contributed by atoms with E-state index < -0.39 is 12.0 Å². The summed E-state index contributed by atoms with van der Waals surface area (Å²) in [6.07, 6.45) is 2.80. The van der Waals surface area contributed by atoms with Crippen LogP contribution in [-0.4, -0.2) is 46.5 Å². The minimum atomic E-state index is -1.05. The molecule has 1 heterocycles. The van der Waals surface area contributed by atoms with Gasteiger partial charge in [0.25, 0.3) is 0 Å². The number of anilines is 1. The fraction of sp³-hybridized carbons (Fsp3) is 0.417. The number of carboxylic acid groups (broad SMARTS) is 1. The number of carbonyl (C=O) groups is 2. The maximum Gasteiger partial charge on any atom is 0.337 e. The van der Waals surface area contributed by atoms with E-state index in [0.29, 0.717) is 12.2 Å². The van der Waals surface area contributed by atoms with Crippen molar-refractivity contribution in [3.8, 4) is 0 Å². The van der Waals surface area contributed by atoms with Crippen LogP contribution in [-0.2, 0) is 4.79 Å². The molecule has 0 aliphatic rings. The molecule has 2 N–H and O–H groups in total. The molecule has 1 atom stereocenters. The quantitative estimate of drug-likeness (QED) is 0.817. The zero-order valence-electron chi connectivity index (χ0n) is 10.7. The first-order chi connectivity index (χ1) is 8.47. The summed E-state index contributed by atoms with van der Waals surface area (Å²) in [5.41, 5.74) is 0.444. The van der Waals surface area contributed by atoms with Crippen LogP contribution in [0.25, 0.3) is 0 Å². The van der Waals surface area contributed by atoms with Crippen molar-refractivity contribution in [2.75, 3.05) is 18.9 Å². The first-order valence-electron chi connectivity index (χ1n) is 5.66. The average Bonchev–Trinajstić information content (AvgIpc) is 2.37. The number of amides is 1. The minimum absolute atomic E-state index is 0.0994. The standard InChI is InChI=1S/C12H17N3O3/c1-4-15(3)11(16)8(2)14-10-7-13-6-5-9(10)12(17)18/h5-8,14H,4H2,1-3H3,(H,17,18). The summed E-state index contributed by atoms with van der Waals surface area (Å²) in [4.78, 5) is 28.3. The van der Waals surface area contributed by atoms with Gasteiger partial charge in [-0.25, -0.2) is 4.79 Å². The second-order valence-electron chi connectivity index (χ2n) is 3.94. The first-order valence-corrected chi connectivity index (χ1v) is 5.66. The summed E-state index contributed by atoms with van der Waals surface area (Å²) in [5.74, 6) is -1.15. The van der Waals surface area contributed by atoms with Gasteiger partial charge in [-0.15, -0.1) is 0 Å². The van der Waals surface area contributed by atoms with Crippen LogP contribution in [0.1, 0.15) is 24.2 Å². The molecule has 1 rings (SSSR count). The molecule has 0 bridgehead atoms. The summed E-state index contributed by atoms with van der Waals surface area (Å²) >= 11 is 0. The van der Waals surface area contributed by atoms with Gasteiger partial charge in [-0.2, -0.15) is 0 Å². The number of rotatable bonds is 5. The molecule has 6 nitrogen and oxygen atoms in total. The van der Waals surface area contributed by atoms with E-state index in [9.17, 15) is 9.59 Å². The number of pyridine rings is 1. The third kappa shape index (κ3) is 3.19. The molecule has 1 aromatic rings. The molecule has 98 valence electrons. The molecular weight excluding hydrogens is 234 g/mol. The molecule has 6 heteroatoms. The largest absolute Gasteiger partial charge is 0.478 e. The van der Waals surface area contributed by atoms with E-state index in [0.717, 1.165) is 0 Å². The Hall–Kier alpha value is -2.11. The number of hydrogen-bond acceptors (Lipinski definition) is 4. The van der Waals surface area contributed by atoms with Gasteiger partial charge in [0.1, 0.15) is 6.04 Å². The zero-order chi connectivity index (χ0) is 13.7. The maximum atomic E-state index is 11.9. The SMILES string of the molecule is CCN(C)C(=O)C(C)Nc1cnccc1C(=O)O. The lowest BCUT2D eigenvalue weighted by Crippen LogP contribution is -2.39. The van der Waals surface area contributed by atoms with E-state index >= 15 is 0 Å². The van der Waals surface area contributed by atoms with Crippen molar-refractivity contribution in [2.24, 2.45) is 0 Å². The highest BCUT2D eigenvalue weighted by atomic mass is 16.4. The molecule has 0 aliphatic heterocycles. The third-order valence-electron chi connectivity index (χ3n) is 2.64. The number of aromatic nitrogens is 1. The second-order valence-corrected chi connectivity index (χ2v) is 3.94. The number of likely N-dealkylation sites (N-methyl/N-ethyl adjacent to an activating group) is 1. The van der Waals surface area contributed by atoms with Gasteiger partial charge in [-0.05, 0) is 19.9 Å². The zero-order valence-corrected chi connectivity index (χ0v) is 10.7. The van der Waals surface area contributed by atoms with Gasteiger partial charge in [-0.3, -0.25) is 9.78 Å². The van der Waals surface area contributed by atoms with Crippen molar-refractivity contribution in [1.82, 2.24) is 9.88 Å². The number of carbonyl (C=O) groups excluding carboxylic acids is 1. The van der Waals surface area contributed by atoms with Crippen LogP contribution in [0.2, 0.25) is 0 Å². The van der Waals surface area contributed by atoms with E-state index in [1.54, 1.807) is 18.9 Å². The highest BCUT2D eigenvalue weighted by molar-refractivity contribution is 5.95. The van der Waals surface area contributed by atoms with Crippen LogP contribution in [0.5, 0.6) is 0 Å². The lowest BCUT2D eigenvalue weighted by atomic mass is 10.2. The first kappa shape index (κ1) is 14.0. The Morgan fingerprint density at radius 2 is 2.22 bits per heavy atom. The smallest absolute Gasteiger partial charge is 0.337 e. The van der Waals surface area contributed by atoms with Crippen LogP contribution in [0.15, 0.2) is 18.5 Å². The molecule has 0 aliphatic carbocycles. The van der Waals surface area contributed by atoms with Crippen molar-refractivity contribution < 1.29 is 14.7 Å². The summed E-state index contributed by atoms with van der Waals surface area (Å²) in [7, 11) is 1.70. The van der Waals surface area contributed by atoms with Crippen molar-refractivity contribution >= 4 is 17.6 Å². The maximum absolute atomic E-state index is 11.9. The van der Waals surface area contributed by atoms with E-state index in [1.165, 1.54) is 18.5 Å². The summed E-state index contributed by atoms with van der Waals surface area (Å²) in [6.45, 7) is 4.16. The van der Waals surface area contributed by atoms with E-state index in [2.05, 4.69) is 10.3 Å². The molecule has 0 spiro atoms. The molecule has 0 saturated heterocycles. The van der Waals surface area contributed by atoms with Gasteiger partial charge >= 0.3 is 5.97 Å². The van der Waals surface area contributed by atoms with Crippen LogP contribution in [0.4, 0.5) is 5.69 Å². The number of nitrogens with one attached hydrogen (secondary N) is 1. The van der Waals surface area contributed by atoms with E-state index in [1.807, 2.05) is 6.92 Å². The van der Waals surface area contributed by atoms with Gasteiger partial charge in [-0.1, -0.05) is 0 Å². The average molecular weight is 251 g/mol. The van der Waals surface area contributed by atoms with Crippen LogP contribution in [0.3, 0.4) is 0 Å². The molecule has 0 saturated carbocycles. The topological polar surface area (TPSA) is 82.5 Å². The second kappa shape index (κ2) is 6.00. The highest BCUT2D eigenvalue weighted by Crippen LogP contribution is 2.14. The minimum Gasteiger partial charge on any atom is -0.478 e. The molecule has 0 fully saturated rings. The fourth-order valence-electron chi connectivity index (χ4n) is 1.48. The van der Waals surface area contributed by atoms with E-state index in [4.69, 9.17) is 5.11 Å². The van der Waals surface area contributed by atoms with Crippen LogP contribution >= 0.6 is 0 Å². The lowest BCUT2D eigenvalue weighted by Gasteiger charge is -2.21. The number of carboxylic acids is 1. The van der Waals surface area contributed by atoms with Gasteiger partial charge in [0.2, 0.25) is 5.91 Å². The molecule has 1 unspecified atom stereocenters. The van der Waals surface area contributed by atoms with Crippen LogP contribution < -0.4 is 5.32 Å². The van der Waals surface area contributed by atoms with Gasteiger partial charge in [0.15, 0.2) is 0 Å². The normalized spacial score (nSPS) is 11.7. The Bertz CT molecular complexity index is 448. The molecule has 1 amide bonds. The lowest BCUT2D eigenvalue weighted by molar-refractivity contribution is -0.130. The molecule has 1 aromatic heterocycles. The monoisotopic (exact) mass is 251 g/mol. The summed E-state index contributed by atoms with van der Waals surface area (Å²) in [6, 6.07) is 0.892. The van der Waals surface area contributed by atoms with Crippen molar-refractivity contribution in [3.63, 3.8) is 0 Å². The van der Waals surface area contributed by atoms with Gasteiger partial charge in [0, 0.05) is 19.8 Å². The van der Waals surface area contributed by atoms with Gasteiger partial charge < -0.3 is 15.3 Å². The van der Waals surface area contributed by atoms with E-state index in [-0.39, 0.29) is 11.5 Å². The highest BCUT2D eigenvalue weighted by Gasteiger charge is 2.18. The van der Waals surface area contributed by atoms with Crippen molar-refractivity contribution in [2.45, 2.75) is 19.9 Å². The Morgan fingerprint density at radius 1 is 1.56 bits per heavy atom. The molecule has 0 aromatic carbocycles. The predicted octanol–water partition coefficient (Wildman–Crippen LogP) is 1.06. The molecule has 18 heavy (non-hydrogen) atoms. The van der Waals surface area contributed by atoms with Crippen LogP contribution in [0, 0.1) is 0 Å². The summed E-state index contributed by atoms with van der Waals surface area (Å²) < 4.78 is 0. The Morgan fingerprint density at radius 3 is 2.78 bits per heavy atom.